The lowest BCUT2D eigenvalue weighted by Gasteiger charge is -2.29. The van der Waals surface area contributed by atoms with Crippen molar-refractivity contribution in [2.45, 2.75) is 32.2 Å². The molecule has 1 aromatic carbocycles. The normalized spacial score (nSPS) is 21.2. The van der Waals surface area contributed by atoms with Gasteiger partial charge in [-0.25, -0.2) is 0 Å². The van der Waals surface area contributed by atoms with Crippen LogP contribution < -0.4 is 39.4 Å². The Labute approximate surface area is 146 Å². The van der Waals surface area contributed by atoms with E-state index in [1.165, 1.54) is 76.1 Å². The van der Waals surface area contributed by atoms with E-state index in [1.54, 1.807) is 12.0 Å². The van der Waals surface area contributed by atoms with Gasteiger partial charge in [0.1, 0.15) is 25.4 Å². The van der Waals surface area contributed by atoms with Crippen LogP contribution in [-0.2, 0) is 13.0 Å². The van der Waals surface area contributed by atoms with Crippen molar-refractivity contribution in [1.82, 2.24) is 0 Å². The summed E-state index contributed by atoms with van der Waals surface area (Å²) < 4.78 is 5.36. The van der Waals surface area contributed by atoms with Crippen molar-refractivity contribution in [3.8, 4) is 5.75 Å². The van der Waals surface area contributed by atoms with Crippen LogP contribution in [0.2, 0.25) is 0 Å². The van der Waals surface area contributed by atoms with Crippen LogP contribution in [0.3, 0.4) is 0 Å². The largest absolute Gasteiger partial charge is 1.00 e. The van der Waals surface area contributed by atoms with Crippen molar-refractivity contribution >= 4 is 0 Å². The third kappa shape index (κ3) is 5.02. The van der Waals surface area contributed by atoms with E-state index in [0.717, 1.165) is 5.75 Å². The second kappa shape index (κ2) is 9.61. The first kappa shape index (κ1) is 19.6. The SMILES string of the molecule is COc1ccc2c(c1)C[NH+](CC[NH+]1CCCCC1)CC2.[Cl-].[Cl-]. The van der Waals surface area contributed by atoms with Crippen LogP contribution in [0.15, 0.2) is 18.2 Å². The Hall–Kier alpha value is -0.480. The van der Waals surface area contributed by atoms with Crippen LogP contribution in [-0.4, -0.2) is 39.8 Å². The molecule has 22 heavy (non-hydrogen) atoms. The fourth-order valence-electron chi connectivity index (χ4n) is 3.68. The highest BCUT2D eigenvalue weighted by atomic mass is 35.5. The van der Waals surface area contributed by atoms with Crippen LogP contribution in [0.5, 0.6) is 5.75 Å². The Balaban J connectivity index is 0.00000121. The smallest absolute Gasteiger partial charge is 0.127 e. The summed E-state index contributed by atoms with van der Waals surface area (Å²) >= 11 is 0. The molecule has 3 rings (SSSR count). The van der Waals surface area contributed by atoms with Crippen LogP contribution in [0.1, 0.15) is 30.4 Å². The van der Waals surface area contributed by atoms with Gasteiger partial charge in [-0.15, -0.1) is 0 Å². The van der Waals surface area contributed by atoms with Gasteiger partial charge in [-0.05, 0) is 37.0 Å². The summed E-state index contributed by atoms with van der Waals surface area (Å²) in [5.41, 5.74) is 3.03. The molecule has 1 atom stereocenters. The van der Waals surface area contributed by atoms with E-state index in [1.807, 2.05) is 4.90 Å². The molecule has 0 saturated carbocycles. The molecule has 1 saturated heterocycles. The average Bonchev–Trinajstić information content (AvgIpc) is 2.53. The van der Waals surface area contributed by atoms with Crippen LogP contribution in [0.4, 0.5) is 0 Å². The topological polar surface area (TPSA) is 18.1 Å². The zero-order valence-corrected chi connectivity index (χ0v) is 15.0. The first-order valence-electron chi connectivity index (χ1n) is 8.18. The Morgan fingerprint density at radius 1 is 0.909 bits per heavy atom. The van der Waals surface area contributed by atoms with Crippen LogP contribution in [0.25, 0.3) is 0 Å². The van der Waals surface area contributed by atoms with E-state index in [-0.39, 0.29) is 24.8 Å². The quantitative estimate of drug-likeness (QED) is 0.555. The first-order valence-corrected chi connectivity index (χ1v) is 8.18. The van der Waals surface area contributed by atoms with Gasteiger partial charge in [0.15, 0.2) is 0 Å². The number of benzene rings is 1. The Bertz CT molecular complexity index is 450. The molecule has 1 fully saturated rings. The fourth-order valence-corrected chi connectivity index (χ4v) is 3.68. The van der Waals surface area contributed by atoms with Crippen molar-refractivity contribution in [2.75, 3.05) is 39.8 Å². The maximum atomic E-state index is 5.36. The molecular formula is C17H28Cl2N2O. The summed E-state index contributed by atoms with van der Waals surface area (Å²) in [5, 5.41) is 0. The van der Waals surface area contributed by atoms with Crippen molar-refractivity contribution in [3.05, 3.63) is 29.3 Å². The highest BCUT2D eigenvalue weighted by molar-refractivity contribution is 5.35. The van der Waals surface area contributed by atoms with Crippen LogP contribution in [0, 0.1) is 0 Å². The number of likely N-dealkylation sites (tertiary alicyclic amines) is 1. The number of rotatable bonds is 4. The van der Waals surface area contributed by atoms with Gasteiger partial charge in [-0.2, -0.15) is 0 Å². The molecule has 1 aromatic rings. The monoisotopic (exact) mass is 346 g/mol. The number of piperidine rings is 1. The molecule has 1 unspecified atom stereocenters. The van der Waals surface area contributed by atoms with E-state index < -0.39 is 0 Å². The third-order valence-corrected chi connectivity index (χ3v) is 4.99. The van der Waals surface area contributed by atoms with Crippen molar-refractivity contribution in [1.29, 1.82) is 0 Å². The summed E-state index contributed by atoms with van der Waals surface area (Å²) in [7, 11) is 1.76. The Kier molecular flexibility index (Phi) is 8.55. The Morgan fingerprint density at radius 2 is 1.64 bits per heavy atom. The molecule has 0 amide bonds. The first-order chi connectivity index (χ1) is 9.85. The molecule has 2 heterocycles. The highest BCUT2D eigenvalue weighted by Crippen LogP contribution is 2.18. The second-order valence-corrected chi connectivity index (χ2v) is 6.37. The number of ether oxygens (including phenoxy) is 1. The van der Waals surface area contributed by atoms with Crippen molar-refractivity contribution < 1.29 is 39.4 Å². The van der Waals surface area contributed by atoms with E-state index in [0.29, 0.717) is 0 Å². The van der Waals surface area contributed by atoms with Crippen molar-refractivity contribution in [3.63, 3.8) is 0 Å². The zero-order valence-electron chi connectivity index (χ0n) is 13.5. The molecule has 0 radical (unpaired) electrons. The van der Waals surface area contributed by atoms with Gasteiger partial charge < -0.3 is 39.4 Å². The zero-order chi connectivity index (χ0) is 13.8. The van der Waals surface area contributed by atoms with Gasteiger partial charge >= 0.3 is 0 Å². The lowest BCUT2D eigenvalue weighted by molar-refractivity contribution is -0.967. The molecule has 126 valence electrons. The lowest BCUT2D eigenvalue weighted by Crippen LogP contribution is -3.20. The lowest BCUT2D eigenvalue weighted by atomic mass is 9.99. The molecule has 0 spiro atoms. The van der Waals surface area contributed by atoms with Crippen molar-refractivity contribution in [2.24, 2.45) is 0 Å². The molecule has 0 bridgehead atoms. The molecule has 0 aromatic heterocycles. The number of fused-ring (bicyclic) bond motifs is 1. The fraction of sp³-hybridized carbons (Fsp3) is 0.647. The van der Waals surface area contributed by atoms with E-state index in [9.17, 15) is 0 Å². The van der Waals surface area contributed by atoms with Gasteiger partial charge in [-0.3, -0.25) is 0 Å². The summed E-state index contributed by atoms with van der Waals surface area (Å²) in [5.74, 6) is 1.01. The molecule has 2 aliphatic heterocycles. The van der Waals surface area contributed by atoms with Gasteiger partial charge in [0.05, 0.1) is 26.7 Å². The summed E-state index contributed by atoms with van der Waals surface area (Å²) in [6.45, 7) is 7.96. The molecule has 5 heteroatoms. The average molecular weight is 347 g/mol. The number of halogens is 2. The highest BCUT2D eigenvalue weighted by Gasteiger charge is 2.22. The molecule has 2 N–H and O–H groups in total. The van der Waals surface area contributed by atoms with Crippen LogP contribution >= 0.6 is 0 Å². The standard InChI is InChI=1S/C17H26N2O.2ClH/c1-20-17-6-5-15-7-10-19(14-16(15)13-17)12-11-18-8-3-2-4-9-18;;/h5-6,13H,2-4,7-12,14H2,1H3;2*1H. The van der Waals surface area contributed by atoms with E-state index in [2.05, 4.69) is 18.2 Å². The van der Waals surface area contributed by atoms with Gasteiger partial charge in [0.2, 0.25) is 0 Å². The van der Waals surface area contributed by atoms with E-state index in [4.69, 9.17) is 4.74 Å². The molecule has 3 nitrogen and oxygen atoms in total. The molecular weight excluding hydrogens is 319 g/mol. The van der Waals surface area contributed by atoms with Gasteiger partial charge in [-0.1, -0.05) is 6.07 Å². The van der Waals surface area contributed by atoms with E-state index >= 15 is 0 Å². The van der Waals surface area contributed by atoms with Gasteiger partial charge in [0, 0.05) is 12.0 Å². The maximum absolute atomic E-state index is 5.36. The molecule has 2 aliphatic rings. The summed E-state index contributed by atoms with van der Waals surface area (Å²) in [6.07, 6.45) is 5.55. The third-order valence-electron chi connectivity index (χ3n) is 4.99. The summed E-state index contributed by atoms with van der Waals surface area (Å²) in [4.78, 5) is 3.59. The maximum Gasteiger partial charge on any atom is 0.127 e. The second-order valence-electron chi connectivity index (χ2n) is 6.37. The minimum atomic E-state index is 0. The van der Waals surface area contributed by atoms with Gasteiger partial charge in [0.25, 0.3) is 0 Å². The predicted molar refractivity (Wildman–Crippen MR) is 80.5 cm³/mol. The minimum absolute atomic E-state index is 0. The summed E-state index contributed by atoms with van der Waals surface area (Å²) in [6, 6.07) is 6.59. The number of methoxy groups -OCH3 is 1. The number of hydrogen-bond donors (Lipinski definition) is 2. The predicted octanol–water partition coefficient (Wildman–Crippen LogP) is -6.29. The number of hydrogen-bond acceptors (Lipinski definition) is 1. The number of quaternary nitrogens is 2. The molecule has 0 aliphatic carbocycles. The number of nitrogens with one attached hydrogen (secondary N) is 2. The Morgan fingerprint density at radius 3 is 2.36 bits per heavy atom. The minimum Gasteiger partial charge on any atom is -1.00 e.